The molecule has 146 valence electrons. The minimum atomic E-state index is 0.0445. The minimum absolute atomic E-state index is 0.0445. The summed E-state index contributed by atoms with van der Waals surface area (Å²) in [6.45, 7) is 10.6. The van der Waals surface area contributed by atoms with Crippen molar-refractivity contribution in [3.63, 3.8) is 0 Å². The molecule has 0 aromatic heterocycles. The number of hydrogen-bond acceptors (Lipinski definition) is 4. The molecule has 0 saturated heterocycles. The number of nitrogens with one attached hydrogen (secondary N) is 1. The van der Waals surface area contributed by atoms with Crippen LogP contribution in [0.25, 0.3) is 0 Å². The fourth-order valence-corrected chi connectivity index (χ4v) is 3.47. The second kappa shape index (κ2) is 11.7. The number of ether oxygens (including phenoxy) is 1. The van der Waals surface area contributed by atoms with Crippen LogP contribution in [0.5, 0.6) is 5.75 Å². The second-order valence-electron chi connectivity index (χ2n) is 6.25. The van der Waals surface area contributed by atoms with Gasteiger partial charge in [-0.1, -0.05) is 38.1 Å². The lowest BCUT2D eigenvalue weighted by atomic mass is 10.1. The first-order valence-corrected chi connectivity index (χ1v) is 10.6. The average molecular weight is 387 g/mol. The third-order valence-corrected chi connectivity index (χ3v) is 5.30. The SMILES string of the molecule is CCOc1ccc(SCC(=O)NCc2cccc(CN(CC)CC)c2)cc1. The minimum Gasteiger partial charge on any atom is -0.494 e. The summed E-state index contributed by atoms with van der Waals surface area (Å²) in [7, 11) is 0. The highest BCUT2D eigenvalue weighted by atomic mass is 32.2. The number of thioether (sulfide) groups is 1. The lowest BCUT2D eigenvalue weighted by Crippen LogP contribution is -2.25. The molecule has 2 rings (SSSR count). The van der Waals surface area contributed by atoms with E-state index in [1.54, 1.807) is 0 Å². The molecule has 27 heavy (non-hydrogen) atoms. The number of rotatable bonds is 11. The van der Waals surface area contributed by atoms with E-state index < -0.39 is 0 Å². The van der Waals surface area contributed by atoms with E-state index in [4.69, 9.17) is 4.74 Å². The highest BCUT2D eigenvalue weighted by Crippen LogP contribution is 2.21. The van der Waals surface area contributed by atoms with Crippen molar-refractivity contribution in [2.24, 2.45) is 0 Å². The summed E-state index contributed by atoms with van der Waals surface area (Å²) >= 11 is 1.53. The zero-order valence-electron chi connectivity index (χ0n) is 16.5. The Bertz CT molecular complexity index is 700. The second-order valence-corrected chi connectivity index (χ2v) is 7.30. The van der Waals surface area contributed by atoms with Gasteiger partial charge in [0.05, 0.1) is 12.4 Å². The van der Waals surface area contributed by atoms with Gasteiger partial charge in [-0.3, -0.25) is 9.69 Å². The van der Waals surface area contributed by atoms with E-state index in [1.165, 1.54) is 17.3 Å². The predicted molar refractivity (Wildman–Crippen MR) is 113 cm³/mol. The van der Waals surface area contributed by atoms with Crippen molar-refractivity contribution in [1.29, 1.82) is 0 Å². The lowest BCUT2D eigenvalue weighted by Gasteiger charge is -2.18. The van der Waals surface area contributed by atoms with Gasteiger partial charge >= 0.3 is 0 Å². The third-order valence-electron chi connectivity index (χ3n) is 4.29. The summed E-state index contributed by atoms with van der Waals surface area (Å²) in [5.41, 5.74) is 2.42. The molecule has 0 fully saturated rings. The molecule has 0 aliphatic rings. The van der Waals surface area contributed by atoms with E-state index in [9.17, 15) is 4.79 Å². The normalized spacial score (nSPS) is 10.8. The predicted octanol–water partition coefficient (Wildman–Crippen LogP) is 4.34. The van der Waals surface area contributed by atoms with Crippen LogP contribution in [0.2, 0.25) is 0 Å². The smallest absolute Gasteiger partial charge is 0.230 e. The number of hydrogen-bond donors (Lipinski definition) is 1. The van der Waals surface area contributed by atoms with Crippen LogP contribution in [-0.2, 0) is 17.9 Å². The molecule has 4 nitrogen and oxygen atoms in total. The maximum atomic E-state index is 12.1. The van der Waals surface area contributed by atoms with Crippen LogP contribution in [0.15, 0.2) is 53.4 Å². The Balaban J connectivity index is 1.78. The summed E-state index contributed by atoms with van der Waals surface area (Å²) < 4.78 is 5.43. The largest absolute Gasteiger partial charge is 0.494 e. The van der Waals surface area contributed by atoms with E-state index in [-0.39, 0.29) is 5.91 Å². The quantitative estimate of drug-likeness (QED) is 0.584. The molecule has 0 radical (unpaired) electrons. The molecule has 0 aliphatic heterocycles. The summed E-state index contributed by atoms with van der Waals surface area (Å²) in [6.07, 6.45) is 0. The van der Waals surface area contributed by atoms with Crippen LogP contribution >= 0.6 is 11.8 Å². The van der Waals surface area contributed by atoms with Crippen molar-refractivity contribution in [3.05, 3.63) is 59.7 Å². The topological polar surface area (TPSA) is 41.6 Å². The number of amides is 1. The van der Waals surface area contributed by atoms with E-state index >= 15 is 0 Å². The van der Waals surface area contributed by atoms with E-state index in [1.807, 2.05) is 31.2 Å². The van der Waals surface area contributed by atoms with Crippen LogP contribution in [0.3, 0.4) is 0 Å². The zero-order chi connectivity index (χ0) is 19.5. The van der Waals surface area contributed by atoms with Crippen molar-refractivity contribution in [1.82, 2.24) is 10.2 Å². The summed E-state index contributed by atoms with van der Waals surface area (Å²) in [5, 5.41) is 3.01. The average Bonchev–Trinajstić information content (AvgIpc) is 2.70. The Labute approximate surface area is 167 Å². The zero-order valence-corrected chi connectivity index (χ0v) is 17.3. The first kappa shape index (κ1) is 21.3. The highest BCUT2D eigenvalue weighted by molar-refractivity contribution is 8.00. The molecular weight excluding hydrogens is 356 g/mol. The van der Waals surface area contributed by atoms with E-state index in [2.05, 4.69) is 48.3 Å². The van der Waals surface area contributed by atoms with Crippen molar-refractivity contribution < 1.29 is 9.53 Å². The molecule has 0 spiro atoms. The van der Waals surface area contributed by atoms with Gasteiger partial charge in [0.1, 0.15) is 5.75 Å². The Morgan fingerprint density at radius 3 is 2.41 bits per heavy atom. The molecular formula is C22H30N2O2S. The summed E-state index contributed by atoms with van der Waals surface area (Å²) in [6, 6.07) is 16.3. The van der Waals surface area contributed by atoms with Gasteiger partial charge < -0.3 is 10.1 Å². The van der Waals surface area contributed by atoms with Gasteiger partial charge in [-0.25, -0.2) is 0 Å². The van der Waals surface area contributed by atoms with Gasteiger partial charge in [0.15, 0.2) is 0 Å². The van der Waals surface area contributed by atoms with Gasteiger partial charge in [-0.15, -0.1) is 11.8 Å². The Morgan fingerprint density at radius 1 is 1.04 bits per heavy atom. The molecule has 0 unspecified atom stereocenters. The van der Waals surface area contributed by atoms with Gasteiger partial charge in [0.2, 0.25) is 5.91 Å². The fourth-order valence-electron chi connectivity index (χ4n) is 2.74. The standard InChI is InChI=1S/C22H30N2O2S/c1-4-24(5-2)16-19-9-7-8-18(14-19)15-23-22(25)17-27-21-12-10-20(11-13-21)26-6-3/h7-14H,4-6,15-17H2,1-3H3,(H,23,25). The first-order valence-electron chi connectivity index (χ1n) is 9.57. The Hall–Kier alpha value is -1.98. The van der Waals surface area contributed by atoms with Crippen LogP contribution in [-0.4, -0.2) is 36.3 Å². The molecule has 0 atom stereocenters. The number of carbonyl (C=O) groups excluding carboxylic acids is 1. The van der Waals surface area contributed by atoms with Crippen LogP contribution in [0.4, 0.5) is 0 Å². The number of nitrogens with zero attached hydrogens (tertiary/aromatic N) is 1. The van der Waals surface area contributed by atoms with E-state index in [0.717, 1.165) is 35.8 Å². The molecule has 0 saturated carbocycles. The van der Waals surface area contributed by atoms with E-state index in [0.29, 0.717) is 18.9 Å². The first-order chi connectivity index (χ1) is 13.1. The number of carbonyl (C=O) groups is 1. The third kappa shape index (κ3) is 7.65. The molecule has 0 heterocycles. The Morgan fingerprint density at radius 2 is 1.74 bits per heavy atom. The molecule has 1 amide bonds. The monoisotopic (exact) mass is 386 g/mol. The lowest BCUT2D eigenvalue weighted by molar-refractivity contribution is -0.118. The molecule has 2 aromatic rings. The number of benzene rings is 2. The Kier molecular flexibility index (Phi) is 9.22. The van der Waals surface area contributed by atoms with Crippen molar-refractivity contribution in [3.8, 4) is 5.75 Å². The van der Waals surface area contributed by atoms with Crippen LogP contribution < -0.4 is 10.1 Å². The molecule has 1 N–H and O–H groups in total. The molecule has 5 heteroatoms. The van der Waals surface area contributed by atoms with Gasteiger partial charge in [0, 0.05) is 18.0 Å². The summed E-state index contributed by atoms with van der Waals surface area (Å²) in [4.78, 5) is 15.6. The fraction of sp³-hybridized carbons (Fsp3) is 0.409. The summed E-state index contributed by atoms with van der Waals surface area (Å²) in [5.74, 6) is 1.31. The van der Waals surface area contributed by atoms with Crippen molar-refractivity contribution >= 4 is 17.7 Å². The van der Waals surface area contributed by atoms with Crippen molar-refractivity contribution in [2.45, 2.75) is 38.8 Å². The highest BCUT2D eigenvalue weighted by Gasteiger charge is 2.05. The van der Waals surface area contributed by atoms with Crippen LogP contribution in [0, 0.1) is 0 Å². The van der Waals surface area contributed by atoms with Crippen molar-refractivity contribution in [2.75, 3.05) is 25.4 Å². The van der Waals surface area contributed by atoms with Gasteiger partial charge in [-0.05, 0) is 55.4 Å². The van der Waals surface area contributed by atoms with Gasteiger partial charge in [-0.2, -0.15) is 0 Å². The van der Waals surface area contributed by atoms with Crippen LogP contribution in [0.1, 0.15) is 31.9 Å². The molecule has 0 aliphatic carbocycles. The molecule has 0 bridgehead atoms. The van der Waals surface area contributed by atoms with Gasteiger partial charge in [0.25, 0.3) is 0 Å². The maximum Gasteiger partial charge on any atom is 0.230 e. The molecule has 2 aromatic carbocycles. The maximum absolute atomic E-state index is 12.1.